The van der Waals surface area contributed by atoms with Gasteiger partial charge < -0.3 is 0 Å². The molecular weight excluding hydrogens is 236 g/mol. The Morgan fingerprint density at radius 2 is 1.93 bits per heavy atom. The topological polar surface area (TPSA) is 0 Å². The van der Waals surface area contributed by atoms with E-state index in [0.717, 1.165) is 0 Å². The average molecular weight is 253 g/mol. The van der Waals surface area contributed by atoms with Gasteiger partial charge in [-0.25, -0.2) is 0 Å². The Balaban J connectivity index is 3.06. The molecule has 1 rings (SSSR count). The van der Waals surface area contributed by atoms with Crippen molar-refractivity contribution < 1.29 is 0 Å². The Hall–Kier alpha value is -0.560. The first-order valence-electron chi connectivity index (χ1n) is 4.98. The molecule has 0 spiro atoms. The first-order valence-corrected chi connectivity index (χ1v) is 5.77. The van der Waals surface area contributed by atoms with E-state index < -0.39 is 0 Å². The van der Waals surface area contributed by atoms with Crippen molar-refractivity contribution in [3.8, 4) is 0 Å². The monoisotopic (exact) mass is 252 g/mol. The van der Waals surface area contributed by atoms with E-state index in [-0.39, 0.29) is 0 Å². The van der Waals surface area contributed by atoms with Crippen LogP contribution in [0.25, 0.3) is 0 Å². The van der Waals surface area contributed by atoms with Gasteiger partial charge in [0.2, 0.25) is 0 Å². The van der Waals surface area contributed by atoms with Gasteiger partial charge in [0.1, 0.15) is 0 Å². The highest BCUT2D eigenvalue weighted by atomic mass is 79.9. The maximum Gasteiger partial charge on any atom is 0.0212 e. The summed E-state index contributed by atoms with van der Waals surface area (Å²) in [6.07, 6.45) is 1.97. The number of hydrogen-bond acceptors (Lipinski definition) is 0. The van der Waals surface area contributed by atoms with E-state index in [4.69, 9.17) is 0 Å². The summed E-state index contributed by atoms with van der Waals surface area (Å²) < 4.78 is 1.21. The van der Waals surface area contributed by atoms with Gasteiger partial charge in [-0.15, -0.1) is 6.58 Å². The van der Waals surface area contributed by atoms with Crippen LogP contribution in [0.3, 0.4) is 0 Å². The molecule has 0 N–H and O–H groups in total. The number of hydrogen-bond donors (Lipinski definition) is 0. The van der Waals surface area contributed by atoms with E-state index in [1.165, 1.54) is 15.6 Å². The molecule has 0 aliphatic carbocycles. The molecule has 0 fully saturated rings. The van der Waals surface area contributed by atoms with E-state index in [0.29, 0.717) is 11.8 Å². The highest BCUT2D eigenvalue weighted by Gasteiger charge is 2.07. The summed E-state index contributed by atoms with van der Waals surface area (Å²) in [4.78, 5) is 0. The Labute approximate surface area is 95.2 Å². The Bertz CT molecular complexity index is 326. The molecule has 0 aromatic heterocycles. The third kappa shape index (κ3) is 2.48. The first kappa shape index (κ1) is 11.5. The average Bonchev–Trinajstić information content (AvgIpc) is 2.15. The molecule has 76 valence electrons. The SMILES string of the molecule is C=CC(C)c1ccc(C(C)C)c(Br)c1. The summed E-state index contributed by atoms with van der Waals surface area (Å²) in [5.74, 6) is 0.991. The van der Waals surface area contributed by atoms with Crippen LogP contribution in [0.1, 0.15) is 43.7 Å². The molecule has 0 aliphatic rings. The molecular formula is C13H17Br. The second-order valence-electron chi connectivity index (χ2n) is 3.96. The fourth-order valence-electron chi connectivity index (χ4n) is 1.43. The van der Waals surface area contributed by atoms with Crippen molar-refractivity contribution in [1.82, 2.24) is 0 Å². The second kappa shape index (κ2) is 4.79. The van der Waals surface area contributed by atoms with Gasteiger partial charge in [-0.05, 0) is 29.0 Å². The molecule has 0 heterocycles. The van der Waals surface area contributed by atoms with Gasteiger partial charge in [0.05, 0.1) is 0 Å². The van der Waals surface area contributed by atoms with Gasteiger partial charge in [0.15, 0.2) is 0 Å². The number of benzene rings is 1. The standard InChI is InChI=1S/C13H17Br/c1-5-10(4)11-6-7-12(9(2)3)13(14)8-11/h5-10H,1H2,2-4H3. The van der Waals surface area contributed by atoms with Crippen molar-refractivity contribution >= 4 is 15.9 Å². The molecule has 0 nitrogen and oxygen atoms in total. The zero-order chi connectivity index (χ0) is 10.7. The predicted molar refractivity (Wildman–Crippen MR) is 66.8 cm³/mol. The minimum atomic E-state index is 0.424. The molecule has 1 aromatic rings. The summed E-state index contributed by atoms with van der Waals surface area (Å²) in [6.45, 7) is 10.4. The largest absolute Gasteiger partial charge is 0.102 e. The van der Waals surface area contributed by atoms with E-state index in [1.54, 1.807) is 0 Å². The predicted octanol–water partition coefficient (Wildman–Crippen LogP) is 4.86. The van der Waals surface area contributed by atoms with Crippen LogP contribution in [-0.4, -0.2) is 0 Å². The molecule has 1 atom stereocenters. The number of allylic oxidation sites excluding steroid dienone is 1. The van der Waals surface area contributed by atoms with Crippen LogP contribution in [0.2, 0.25) is 0 Å². The van der Waals surface area contributed by atoms with Crippen LogP contribution in [0.4, 0.5) is 0 Å². The minimum absolute atomic E-state index is 0.424. The Morgan fingerprint density at radius 3 is 2.36 bits per heavy atom. The van der Waals surface area contributed by atoms with Gasteiger partial charge in [0.25, 0.3) is 0 Å². The molecule has 0 aliphatic heterocycles. The summed E-state index contributed by atoms with van der Waals surface area (Å²) in [5, 5.41) is 0. The maximum absolute atomic E-state index is 3.81. The van der Waals surface area contributed by atoms with E-state index in [9.17, 15) is 0 Å². The molecule has 0 amide bonds. The molecule has 1 aromatic carbocycles. The molecule has 14 heavy (non-hydrogen) atoms. The molecule has 1 heteroatoms. The van der Waals surface area contributed by atoms with E-state index in [2.05, 4.69) is 61.5 Å². The van der Waals surface area contributed by atoms with Crippen molar-refractivity contribution in [3.05, 3.63) is 46.5 Å². The highest BCUT2D eigenvalue weighted by molar-refractivity contribution is 9.10. The van der Waals surface area contributed by atoms with Crippen LogP contribution in [0.15, 0.2) is 35.3 Å². The first-order chi connectivity index (χ1) is 6.56. The van der Waals surface area contributed by atoms with Crippen molar-refractivity contribution in [2.45, 2.75) is 32.6 Å². The van der Waals surface area contributed by atoms with Gasteiger partial charge >= 0.3 is 0 Å². The summed E-state index contributed by atoms with van der Waals surface area (Å²) >= 11 is 3.61. The molecule has 0 radical (unpaired) electrons. The normalized spacial score (nSPS) is 12.9. The molecule has 0 bridgehead atoms. The van der Waals surface area contributed by atoms with E-state index in [1.807, 2.05) is 6.08 Å². The van der Waals surface area contributed by atoms with E-state index >= 15 is 0 Å². The number of halogens is 1. The fourth-order valence-corrected chi connectivity index (χ4v) is 2.29. The van der Waals surface area contributed by atoms with Crippen molar-refractivity contribution in [2.24, 2.45) is 0 Å². The molecule has 1 unspecified atom stereocenters. The molecule has 0 saturated heterocycles. The lowest BCUT2D eigenvalue weighted by Gasteiger charge is -2.12. The summed E-state index contributed by atoms with van der Waals surface area (Å²) in [5.41, 5.74) is 2.68. The van der Waals surface area contributed by atoms with Gasteiger partial charge in [0, 0.05) is 4.47 Å². The van der Waals surface area contributed by atoms with Gasteiger partial charge in [-0.1, -0.05) is 54.9 Å². The lowest BCUT2D eigenvalue weighted by molar-refractivity contribution is 0.855. The van der Waals surface area contributed by atoms with Crippen LogP contribution in [-0.2, 0) is 0 Å². The van der Waals surface area contributed by atoms with Gasteiger partial charge in [-0.3, -0.25) is 0 Å². The van der Waals surface area contributed by atoms with Crippen molar-refractivity contribution in [1.29, 1.82) is 0 Å². The Kier molecular flexibility index (Phi) is 3.94. The Morgan fingerprint density at radius 1 is 1.29 bits per heavy atom. The third-order valence-electron chi connectivity index (χ3n) is 2.53. The second-order valence-corrected chi connectivity index (χ2v) is 4.81. The quantitative estimate of drug-likeness (QED) is 0.674. The minimum Gasteiger partial charge on any atom is -0.102 e. The lowest BCUT2D eigenvalue weighted by atomic mass is 9.96. The van der Waals surface area contributed by atoms with Crippen LogP contribution < -0.4 is 0 Å². The zero-order valence-electron chi connectivity index (χ0n) is 9.05. The summed E-state index contributed by atoms with van der Waals surface area (Å²) in [7, 11) is 0. The van der Waals surface area contributed by atoms with Crippen LogP contribution in [0.5, 0.6) is 0 Å². The third-order valence-corrected chi connectivity index (χ3v) is 3.21. The fraction of sp³-hybridized carbons (Fsp3) is 0.385. The summed E-state index contributed by atoms with van der Waals surface area (Å²) in [6, 6.07) is 6.58. The zero-order valence-corrected chi connectivity index (χ0v) is 10.6. The number of rotatable bonds is 3. The molecule has 0 saturated carbocycles. The maximum atomic E-state index is 3.81. The lowest BCUT2D eigenvalue weighted by Crippen LogP contribution is -1.93. The van der Waals surface area contributed by atoms with Crippen molar-refractivity contribution in [2.75, 3.05) is 0 Å². The smallest absolute Gasteiger partial charge is 0.0212 e. The highest BCUT2D eigenvalue weighted by Crippen LogP contribution is 2.28. The van der Waals surface area contributed by atoms with Crippen molar-refractivity contribution in [3.63, 3.8) is 0 Å². The van der Waals surface area contributed by atoms with Crippen LogP contribution >= 0.6 is 15.9 Å². The van der Waals surface area contributed by atoms with Gasteiger partial charge in [-0.2, -0.15) is 0 Å². The van der Waals surface area contributed by atoms with Crippen LogP contribution in [0, 0.1) is 0 Å².